The van der Waals surface area contributed by atoms with Crippen LogP contribution in [-0.4, -0.2) is 11.9 Å². The average molecular weight is 294 g/mol. The predicted molar refractivity (Wildman–Crippen MR) is 80.8 cm³/mol. The molecule has 0 bridgehead atoms. The molecule has 0 aliphatic rings. The quantitative estimate of drug-likeness (QED) is 0.895. The van der Waals surface area contributed by atoms with Gasteiger partial charge in [0, 0.05) is 22.4 Å². The van der Waals surface area contributed by atoms with Gasteiger partial charge in [0.2, 0.25) is 5.91 Å². The Hall–Kier alpha value is -1.32. The van der Waals surface area contributed by atoms with Crippen molar-refractivity contribution in [3.8, 4) is 0 Å². The SMILES string of the molecule is C[C@@H](Cc1cccs1)NC(=O)Cc1ccccc1Cl. The van der Waals surface area contributed by atoms with Crippen molar-refractivity contribution in [2.75, 3.05) is 0 Å². The van der Waals surface area contributed by atoms with E-state index in [4.69, 9.17) is 11.6 Å². The topological polar surface area (TPSA) is 29.1 Å². The molecule has 1 aromatic carbocycles. The number of hydrogen-bond acceptors (Lipinski definition) is 2. The highest BCUT2D eigenvalue weighted by atomic mass is 35.5. The molecule has 1 amide bonds. The van der Waals surface area contributed by atoms with Crippen LogP contribution in [0.4, 0.5) is 0 Å². The lowest BCUT2D eigenvalue weighted by atomic mass is 10.1. The minimum Gasteiger partial charge on any atom is -0.353 e. The van der Waals surface area contributed by atoms with Gasteiger partial charge in [-0.05, 0) is 30.0 Å². The maximum Gasteiger partial charge on any atom is 0.224 e. The number of thiophene rings is 1. The summed E-state index contributed by atoms with van der Waals surface area (Å²) in [7, 11) is 0. The molecule has 2 rings (SSSR count). The monoisotopic (exact) mass is 293 g/mol. The second-order valence-corrected chi connectivity index (χ2v) is 5.96. The summed E-state index contributed by atoms with van der Waals surface area (Å²) >= 11 is 7.75. The molecule has 1 atom stereocenters. The first-order valence-electron chi connectivity index (χ1n) is 6.20. The summed E-state index contributed by atoms with van der Waals surface area (Å²) in [6, 6.07) is 11.7. The lowest BCUT2D eigenvalue weighted by Gasteiger charge is -2.13. The molecule has 0 spiro atoms. The molecule has 2 aromatic rings. The third kappa shape index (κ3) is 4.37. The van der Waals surface area contributed by atoms with Gasteiger partial charge >= 0.3 is 0 Å². The minimum absolute atomic E-state index is 0.0113. The molecule has 0 radical (unpaired) electrons. The van der Waals surface area contributed by atoms with Crippen molar-refractivity contribution in [1.29, 1.82) is 0 Å². The van der Waals surface area contributed by atoms with Gasteiger partial charge in [0.25, 0.3) is 0 Å². The second kappa shape index (κ2) is 6.73. The zero-order valence-corrected chi connectivity index (χ0v) is 12.3. The molecule has 0 aliphatic carbocycles. The van der Waals surface area contributed by atoms with Gasteiger partial charge < -0.3 is 5.32 Å². The van der Waals surface area contributed by atoms with Crippen LogP contribution in [0.5, 0.6) is 0 Å². The Kier molecular flexibility index (Phi) is 5.00. The highest BCUT2D eigenvalue weighted by Gasteiger charge is 2.10. The Bertz CT molecular complexity index is 539. The van der Waals surface area contributed by atoms with Gasteiger partial charge in [0.1, 0.15) is 0 Å². The van der Waals surface area contributed by atoms with Crippen LogP contribution < -0.4 is 5.32 Å². The third-order valence-electron chi connectivity index (χ3n) is 2.80. The molecule has 19 heavy (non-hydrogen) atoms. The Morgan fingerprint density at radius 1 is 1.32 bits per heavy atom. The summed E-state index contributed by atoms with van der Waals surface area (Å²) in [5, 5.41) is 5.69. The maximum absolute atomic E-state index is 11.9. The van der Waals surface area contributed by atoms with E-state index in [-0.39, 0.29) is 11.9 Å². The molecule has 0 aliphatic heterocycles. The van der Waals surface area contributed by atoms with Crippen LogP contribution in [-0.2, 0) is 17.6 Å². The van der Waals surface area contributed by atoms with E-state index in [1.54, 1.807) is 17.4 Å². The highest BCUT2D eigenvalue weighted by molar-refractivity contribution is 7.09. The molecule has 1 N–H and O–H groups in total. The summed E-state index contributed by atoms with van der Waals surface area (Å²) in [6.45, 7) is 2.02. The van der Waals surface area contributed by atoms with Crippen LogP contribution in [0.2, 0.25) is 5.02 Å². The fourth-order valence-corrected chi connectivity index (χ4v) is 2.96. The largest absolute Gasteiger partial charge is 0.353 e. The van der Waals surface area contributed by atoms with Crippen LogP contribution in [0, 0.1) is 0 Å². The second-order valence-electron chi connectivity index (χ2n) is 4.52. The molecule has 0 unspecified atom stereocenters. The standard InChI is InChI=1S/C15H16ClNOS/c1-11(9-13-6-4-8-19-13)17-15(18)10-12-5-2-3-7-14(12)16/h2-8,11H,9-10H2,1H3,(H,17,18)/t11-/m0/s1. The smallest absolute Gasteiger partial charge is 0.224 e. The van der Waals surface area contributed by atoms with E-state index >= 15 is 0 Å². The Morgan fingerprint density at radius 3 is 2.79 bits per heavy atom. The zero-order chi connectivity index (χ0) is 13.7. The number of halogens is 1. The molecule has 0 saturated carbocycles. The lowest BCUT2D eigenvalue weighted by molar-refractivity contribution is -0.121. The summed E-state index contributed by atoms with van der Waals surface area (Å²) in [5.74, 6) is 0.0113. The molecule has 1 heterocycles. The fraction of sp³-hybridized carbons (Fsp3) is 0.267. The number of nitrogens with one attached hydrogen (secondary N) is 1. The van der Waals surface area contributed by atoms with Crippen molar-refractivity contribution in [3.05, 3.63) is 57.2 Å². The zero-order valence-electron chi connectivity index (χ0n) is 10.7. The Morgan fingerprint density at radius 2 is 2.11 bits per heavy atom. The van der Waals surface area contributed by atoms with E-state index in [0.717, 1.165) is 12.0 Å². The van der Waals surface area contributed by atoms with Crippen molar-refractivity contribution in [2.45, 2.75) is 25.8 Å². The van der Waals surface area contributed by atoms with E-state index in [9.17, 15) is 4.79 Å². The van der Waals surface area contributed by atoms with Gasteiger partial charge in [-0.25, -0.2) is 0 Å². The molecule has 2 nitrogen and oxygen atoms in total. The lowest BCUT2D eigenvalue weighted by Crippen LogP contribution is -2.35. The minimum atomic E-state index is 0.0113. The van der Waals surface area contributed by atoms with Crippen LogP contribution in [0.3, 0.4) is 0 Å². The van der Waals surface area contributed by atoms with Crippen molar-refractivity contribution < 1.29 is 4.79 Å². The van der Waals surface area contributed by atoms with Crippen LogP contribution in [0.1, 0.15) is 17.4 Å². The van der Waals surface area contributed by atoms with Gasteiger partial charge in [0.05, 0.1) is 6.42 Å². The van der Waals surface area contributed by atoms with Gasteiger partial charge in [-0.15, -0.1) is 11.3 Å². The first kappa shape index (κ1) is 14.1. The van der Waals surface area contributed by atoms with E-state index in [2.05, 4.69) is 11.4 Å². The fourth-order valence-electron chi connectivity index (χ4n) is 1.92. The van der Waals surface area contributed by atoms with Gasteiger partial charge in [-0.3, -0.25) is 4.79 Å². The average Bonchev–Trinajstić information content (AvgIpc) is 2.84. The molecule has 4 heteroatoms. The van der Waals surface area contributed by atoms with Crippen LogP contribution in [0.15, 0.2) is 41.8 Å². The normalized spacial score (nSPS) is 12.1. The Labute approximate surface area is 122 Å². The maximum atomic E-state index is 11.9. The molecule has 0 saturated heterocycles. The molecular weight excluding hydrogens is 278 g/mol. The van der Waals surface area contributed by atoms with E-state index in [0.29, 0.717) is 11.4 Å². The van der Waals surface area contributed by atoms with E-state index in [1.165, 1.54) is 4.88 Å². The van der Waals surface area contributed by atoms with Gasteiger partial charge in [-0.1, -0.05) is 35.9 Å². The number of hydrogen-bond donors (Lipinski definition) is 1. The Balaban J connectivity index is 1.86. The van der Waals surface area contributed by atoms with Gasteiger partial charge in [-0.2, -0.15) is 0 Å². The molecule has 1 aromatic heterocycles. The molecule has 100 valence electrons. The van der Waals surface area contributed by atoms with E-state index < -0.39 is 0 Å². The number of rotatable bonds is 5. The number of amides is 1. The third-order valence-corrected chi connectivity index (χ3v) is 4.07. The van der Waals surface area contributed by atoms with Crippen molar-refractivity contribution in [3.63, 3.8) is 0 Å². The van der Waals surface area contributed by atoms with Gasteiger partial charge in [0.15, 0.2) is 0 Å². The van der Waals surface area contributed by atoms with Crippen molar-refractivity contribution in [1.82, 2.24) is 5.32 Å². The highest BCUT2D eigenvalue weighted by Crippen LogP contribution is 2.15. The number of benzene rings is 1. The molecule has 0 fully saturated rings. The van der Waals surface area contributed by atoms with Crippen LogP contribution in [0.25, 0.3) is 0 Å². The van der Waals surface area contributed by atoms with E-state index in [1.807, 2.05) is 36.6 Å². The van der Waals surface area contributed by atoms with Crippen molar-refractivity contribution in [2.24, 2.45) is 0 Å². The summed E-state index contributed by atoms with van der Waals surface area (Å²) in [4.78, 5) is 13.2. The summed E-state index contributed by atoms with van der Waals surface area (Å²) < 4.78 is 0. The number of carbonyl (C=O) groups is 1. The first-order valence-corrected chi connectivity index (χ1v) is 7.46. The summed E-state index contributed by atoms with van der Waals surface area (Å²) in [5.41, 5.74) is 0.866. The number of carbonyl (C=O) groups excluding carboxylic acids is 1. The first-order chi connectivity index (χ1) is 9.15. The van der Waals surface area contributed by atoms with Crippen molar-refractivity contribution >= 4 is 28.8 Å². The molecular formula is C15H16ClNOS. The van der Waals surface area contributed by atoms with Crippen LogP contribution >= 0.6 is 22.9 Å². The predicted octanol–water partition coefficient (Wildman–Crippen LogP) is 3.69. The summed E-state index contributed by atoms with van der Waals surface area (Å²) in [6.07, 6.45) is 1.19.